The van der Waals surface area contributed by atoms with E-state index in [2.05, 4.69) is 52.1 Å². The Labute approximate surface area is 109 Å². The molecule has 0 aromatic heterocycles. The van der Waals surface area contributed by atoms with Crippen molar-refractivity contribution in [3.8, 4) is 6.07 Å². The number of nitriles is 1. The van der Waals surface area contributed by atoms with Crippen molar-refractivity contribution in [2.75, 3.05) is 6.54 Å². The van der Waals surface area contributed by atoms with Gasteiger partial charge in [-0.15, -0.1) is 0 Å². The Morgan fingerprint density at radius 2 is 1.89 bits per heavy atom. The zero-order valence-electron chi connectivity index (χ0n) is 11.7. The summed E-state index contributed by atoms with van der Waals surface area (Å²) in [7, 11) is 0. The first-order valence-corrected chi connectivity index (χ1v) is 6.05. The van der Waals surface area contributed by atoms with Crippen LogP contribution in [0.1, 0.15) is 36.1 Å². The van der Waals surface area contributed by atoms with Gasteiger partial charge in [-0.3, -0.25) is 4.79 Å². The van der Waals surface area contributed by atoms with Crippen LogP contribution in [0.5, 0.6) is 0 Å². The molecular formula is C15H20N2O. The van der Waals surface area contributed by atoms with Gasteiger partial charge in [0.1, 0.15) is 0 Å². The van der Waals surface area contributed by atoms with E-state index in [0.29, 0.717) is 6.54 Å². The molecule has 0 unspecified atom stereocenters. The number of hydrogen-bond acceptors (Lipinski definition) is 2. The zero-order valence-corrected chi connectivity index (χ0v) is 11.7. The summed E-state index contributed by atoms with van der Waals surface area (Å²) in [6.07, 6.45) is 0. The maximum absolute atomic E-state index is 11.0. The molecule has 0 bridgehead atoms. The Morgan fingerprint density at radius 1 is 1.28 bits per heavy atom. The molecular weight excluding hydrogens is 224 g/mol. The Bertz CT molecular complexity index is 510. The molecule has 3 nitrogen and oxygen atoms in total. The standard InChI is InChI=1S/C15H20N2O/c1-10-6-7-13(12(3)11(10)2)15(4,5)9-17-14(18)8-16/h6-7H,9H2,1-5H3,(H,17,18). The predicted molar refractivity (Wildman–Crippen MR) is 72.3 cm³/mol. The van der Waals surface area contributed by atoms with Crippen molar-refractivity contribution in [3.05, 3.63) is 34.4 Å². The first-order valence-electron chi connectivity index (χ1n) is 6.05. The van der Waals surface area contributed by atoms with Crippen LogP contribution in [0.3, 0.4) is 0 Å². The summed E-state index contributed by atoms with van der Waals surface area (Å²) < 4.78 is 0. The largest absolute Gasteiger partial charge is 0.343 e. The molecule has 1 aromatic carbocycles. The zero-order chi connectivity index (χ0) is 13.9. The van der Waals surface area contributed by atoms with Crippen LogP contribution in [0.4, 0.5) is 0 Å². The van der Waals surface area contributed by atoms with E-state index >= 15 is 0 Å². The van der Waals surface area contributed by atoms with Crippen LogP contribution in [-0.2, 0) is 10.2 Å². The Kier molecular flexibility index (Phi) is 4.13. The molecule has 0 aliphatic carbocycles. The van der Waals surface area contributed by atoms with E-state index in [0.717, 1.165) is 0 Å². The van der Waals surface area contributed by atoms with Gasteiger partial charge < -0.3 is 5.32 Å². The van der Waals surface area contributed by atoms with Crippen LogP contribution in [0.15, 0.2) is 12.1 Å². The quantitative estimate of drug-likeness (QED) is 0.831. The van der Waals surface area contributed by atoms with Gasteiger partial charge in [0.25, 0.3) is 0 Å². The number of aryl methyl sites for hydroxylation is 1. The first-order chi connectivity index (χ1) is 8.29. The highest BCUT2D eigenvalue weighted by atomic mass is 16.1. The maximum atomic E-state index is 11.0. The number of nitrogens with one attached hydrogen (secondary N) is 1. The maximum Gasteiger partial charge on any atom is 0.322 e. The summed E-state index contributed by atoms with van der Waals surface area (Å²) in [5.41, 5.74) is 4.84. The summed E-state index contributed by atoms with van der Waals surface area (Å²) in [6.45, 7) is 10.9. The molecule has 1 N–H and O–H groups in total. The lowest BCUT2D eigenvalue weighted by atomic mass is 9.80. The van der Waals surface area contributed by atoms with Crippen LogP contribution in [-0.4, -0.2) is 12.5 Å². The molecule has 0 radical (unpaired) electrons. The molecule has 1 amide bonds. The van der Waals surface area contributed by atoms with E-state index in [4.69, 9.17) is 5.26 Å². The van der Waals surface area contributed by atoms with Gasteiger partial charge in [0.05, 0.1) is 0 Å². The summed E-state index contributed by atoms with van der Waals surface area (Å²) in [5.74, 6) is -0.579. The van der Waals surface area contributed by atoms with Gasteiger partial charge in [0, 0.05) is 12.0 Å². The molecule has 1 aromatic rings. The highest BCUT2D eigenvalue weighted by molar-refractivity contribution is 5.91. The van der Waals surface area contributed by atoms with Gasteiger partial charge in [0.15, 0.2) is 6.07 Å². The number of hydrogen-bond donors (Lipinski definition) is 1. The molecule has 0 heterocycles. The van der Waals surface area contributed by atoms with Crippen LogP contribution in [0.2, 0.25) is 0 Å². The van der Waals surface area contributed by atoms with E-state index in [9.17, 15) is 4.79 Å². The monoisotopic (exact) mass is 244 g/mol. The Balaban J connectivity index is 3.02. The van der Waals surface area contributed by atoms with E-state index < -0.39 is 5.91 Å². The minimum absolute atomic E-state index is 0.185. The number of amides is 1. The number of carbonyl (C=O) groups is 1. The van der Waals surface area contributed by atoms with Gasteiger partial charge in [-0.05, 0) is 43.0 Å². The van der Waals surface area contributed by atoms with E-state index in [-0.39, 0.29) is 5.41 Å². The average Bonchev–Trinajstić information content (AvgIpc) is 2.32. The third kappa shape index (κ3) is 2.89. The highest BCUT2D eigenvalue weighted by Crippen LogP contribution is 2.28. The minimum Gasteiger partial charge on any atom is -0.343 e. The van der Waals surface area contributed by atoms with Gasteiger partial charge in [-0.2, -0.15) is 5.26 Å². The van der Waals surface area contributed by atoms with E-state index in [1.54, 1.807) is 6.07 Å². The molecule has 0 fully saturated rings. The van der Waals surface area contributed by atoms with Gasteiger partial charge in [0.2, 0.25) is 0 Å². The number of rotatable bonds is 3. The van der Waals surface area contributed by atoms with Crippen molar-refractivity contribution in [2.24, 2.45) is 0 Å². The first kappa shape index (κ1) is 14.2. The Morgan fingerprint density at radius 3 is 2.44 bits per heavy atom. The topological polar surface area (TPSA) is 52.9 Å². The third-order valence-electron chi connectivity index (χ3n) is 3.58. The highest BCUT2D eigenvalue weighted by Gasteiger charge is 2.24. The molecule has 0 saturated carbocycles. The fourth-order valence-corrected chi connectivity index (χ4v) is 2.13. The molecule has 0 saturated heterocycles. The SMILES string of the molecule is Cc1ccc(C(C)(C)CNC(=O)C#N)c(C)c1C. The molecule has 0 atom stereocenters. The second kappa shape index (κ2) is 5.22. The van der Waals surface area contributed by atoms with E-state index in [1.807, 2.05) is 0 Å². The lowest BCUT2D eigenvalue weighted by Gasteiger charge is -2.28. The number of carbonyl (C=O) groups excluding carboxylic acids is 1. The van der Waals surface area contributed by atoms with Gasteiger partial charge in [-0.25, -0.2) is 0 Å². The average molecular weight is 244 g/mol. The molecule has 18 heavy (non-hydrogen) atoms. The smallest absolute Gasteiger partial charge is 0.322 e. The fourth-order valence-electron chi connectivity index (χ4n) is 2.13. The van der Waals surface area contributed by atoms with Crippen LogP contribution in [0.25, 0.3) is 0 Å². The molecule has 3 heteroatoms. The fraction of sp³-hybridized carbons (Fsp3) is 0.467. The Hall–Kier alpha value is -1.82. The third-order valence-corrected chi connectivity index (χ3v) is 3.58. The molecule has 0 aliphatic heterocycles. The van der Waals surface area contributed by atoms with Crippen molar-refractivity contribution < 1.29 is 4.79 Å². The normalized spacial score (nSPS) is 10.9. The van der Waals surface area contributed by atoms with Crippen LogP contribution < -0.4 is 5.32 Å². The van der Waals surface area contributed by atoms with Gasteiger partial charge in [-0.1, -0.05) is 26.0 Å². The molecule has 1 rings (SSSR count). The van der Waals surface area contributed by atoms with Crippen molar-refractivity contribution in [2.45, 2.75) is 40.0 Å². The molecule has 0 aliphatic rings. The summed E-state index contributed by atoms with van der Waals surface area (Å²) >= 11 is 0. The lowest BCUT2D eigenvalue weighted by Crippen LogP contribution is -2.36. The number of benzene rings is 1. The van der Waals surface area contributed by atoms with Crippen molar-refractivity contribution in [3.63, 3.8) is 0 Å². The van der Waals surface area contributed by atoms with Crippen LogP contribution >= 0.6 is 0 Å². The van der Waals surface area contributed by atoms with E-state index in [1.165, 1.54) is 22.3 Å². The second-order valence-corrected chi connectivity index (χ2v) is 5.36. The van der Waals surface area contributed by atoms with Crippen LogP contribution in [0, 0.1) is 32.1 Å². The van der Waals surface area contributed by atoms with Gasteiger partial charge >= 0.3 is 5.91 Å². The molecule has 0 spiro atoms. The second-order valence-electron chi connectivity index (χ2n) is 5.36. The summed E-state index contributed by atoms with van der Waals surface area (Å²) in [4.78, 5) is 11.0. The van der Waals surface area contributed by atoms with Crippen molar-refractivity contribution in [1.82, 2.24) is 5.32 Å². The minimum atomic E-state index is -0.579. The van der Waals surface area contributed by atoms with Crippen molar-refractivity contribution >= 4 is 5.91 Å². The lowest BCUT2D eigenvalue weighted by molar-refractivity contribution is -0.116. The predicted octanol–water partition coefficient (Wildman–Crippen LogP) is 2.53. The van der Waals surface area contributed by atoms with Crippen molar-refractivity contribution in [1.29, 1.82) is 5.26 Å². The molecule has 96 valence electrons. The summed E-state index contributed by atoms with van der Waals surface area (Å²) in [5, 5.41) is 11.1. The number of nitrogens with zero attached hydrogens (tertiary/aromatic N) is 1. The summed E-state index contributed by atoms with van der Waals surface area (Å²) in [6, 6.07) is 5.78.